The van der Waals surface area contributed by atoms with Crippen LogP contribution in [-0.4, -0.2) is 48.9 Å². The Morgan fingerprint density at radius 3 is 2.24 bits per heavy atom. The molecule has 0 bridgehead atoms. The van der Waals surface area contributed by atoms with Gasteiger partial charge in [-0.1, -0.05) is 84.9 Å². The highest BCUT2D eigenvalue weighted by atomic mass is 16.5. The summed E-state index contributed by atoms with van der Waals surface area (Å²) in [6.45, 7) is 3.49. The molecule has 2 atom stereocenters. The van der Waals surface area contributed by atoms with Gasteiger partial charge in [-0.05, 0) is 90.7 Å². The van der Waals surface area contributed by atoms with Gasteiger partial charge in [-0.15, -0.1) is 0 Å². The molecule has 5 heteroatoms. The third-order valence-corrected chi connectivity index (χ3v) is 8.20. The van der Waals surface area contributed by atoms with Gasteiger partial charge in [0, 0.05) is 19.6 Å². The lowest BCUT2D eigenvalue weighted by Gasteiger charge is -2.30. The molecule has 0 aromatic heterocycles. The Kier molecular flexibility index (Phi) is 10.1. The van der Waals surface area contributed by atoms with Crippen LogP contribution in [0.4, 0.5) is 0 Å². The summed E-state index contributed by atoms with van der Waals surface area (Å²) >= 11 is 0. The first-order chi connectivity index (χ1) is 20.5. The zero-order chi connectivity index (χ0) is 29.3. The van der Waals surface area contributed by atoms with Crippen LogP contribution in [0.15, 0.2) is 97.1 Å². The van der Waals surface area contributed by atoms with E-state index in [1.165, 1.54) is 33.4 Å². The highest BCUT2D eigenvalue weighted by Crippen LogP contribution is 2.37. The number of fused-ring (bicyclic) bond motifs is 2. The van der Waals surface area contributed by atoms with Crippen molar-refractivity contribution in [2.24, 2.45) is 0 Å². The van der Waals surface area contributed by atoms with Gasteiger partial charge in [0.15, 0.2) is 6.10 Å². The van der Waals surface area contributed by atoms with Crippen molar-refractivity contribution in [2.45, 2.75) is 51.2 Å². The number of hydrogen-bond donors (Lipinski definition) is 1. The Labute approximate surface area is 249 Å². The van der Waals surface area contributed by atoms with Crippen LogP contribution >= 0.6 is 0 Å². The van der Waals surface area contributed by atoms with Crippen LogP contribution in [0, 0.1) is 0 Å². The third-order valence-electron chi connectivity index (χ3n) is 8.20. The fraction of sp³-hybridized carbons (Fsp3) is 0.324. The van der Waals surface area contributed by atoms with E-state index in [-0.39, 0.29) is 6.04 Å². The molecule has 0 fully saturated rings. The molecule has 1 N–H and O–H groups in total. The number of nitrogens with zero attached hydrogens (tertiary/aromatic N) is 1. The van der Waals surface area contributed by atoms with Crippen LogP contribution in [0.1, 0.15) is 51.9 Å². The van der Waals surface area contributed by atoms with Gasteiger partial charge in [0.25, 0.3) is 0 Å². The monoisotopic (exact) mass is 563 g/mol. The van der Waals surface area contributed by atoms with Crippen molar-refractivity contribution in [3.05, 3.63) is 136 Å². The molecule has 2 unspecified atom stereocenters. The van der Waals surface area contributed by atoms with Crippen LogP contribution in [-0.2, 0) is 41.6 Å². The topological polar surface area (TPSA) is 59.0 Å². The van der Waals surface area contributed by atoms with E-state index in [9.17, 15) is 9.90 Å². The summed E-state index contributed by atoms with van der Waals surface area (Å²) in [4.78, 5) is 13.8. The molecule has 0 radical (unpaired) electrons. The average molecular weight is 564 g/mol. The summed E-state index contributed by atoms with van der Waals surface area (Å²) in [5.74, 6) is -0.162. The first kappa shape index (κ1) is 29.6. The molecule has 0 heterocycles. The number of hydrogen-bond acceptors (Lipinski definition) is 4. The first-order valence-corrected chi connectivity index (χ1v) is 15.0. The molecule has 0 saturated carbocycles. The van der Waals surface area contributed by atoms with E-state index in [4.69, 9.17) is 9.47 Å². The van der Waals surface area contributed by atoms with Gasteiger partial charge in [-0.3, -0.25) is 4.90 Å². The summed E-state index contributed by atoms with van der Waals surface area (Å²) in [5, 5.41) is 9.37. The quantitative estimate of drug-likeness (QED) is 0.196. The van der Waals surface area contributed by atoms with Crippen molar-refractivity contribution in [3.63, 3.8) is 0 Å². The van der Waals surface area contributed by atoms with Gasteiger partial charge >= 0.3 is 5.97 Å². The fourth-order valence-corrected chi connectivity index (χ4v) is 5.95. The van der Waals surface area contributed by atoms with Gasteiger partial charge in [0.1, 0.15) is 12.4 Å². The zero-order valence-corrected chi connectivity index (χ0v) is 24.7. The van der Waals surface area contributed by atoms with E-state index in [0.29, 0.717) is 19.6 Å². The van der Waals surface area contributed by atoms with Crippen LogP contribution in [0.25, 0.3) is 0 Å². The molecule has 218 valence electrons. The van der Waals surface area contributed by atoms with Crippen molar-refractivity contribution >= 4 is 5.97 Å². The highest BCUT2D eigenvalue weighted by Gasteiger charge is 2.27. The van der Waals surface area contributed by atoms with E-state index in [1.54, 1.807) is 6.92 Å². The maximum Gasteiger partial charge on any atom is 0.333 e. The maximum absolute atomic E-state index is 11.4. The van der Waals surface area contributed by atoms with Gasteiger partial charge in [-0.25, -0.2) is 4.79 Å². The van der Waals surface area contributed by atoms with Crippen molar-refractivity contribution in [1.29, 1.82) is 0 Å². The predicted molar refractivity (Wildman–Crippen MR) is 167 cm³/mol. The minimum atomic E-state index is -0.940. The molecule has 0 aliphatic heterocycles. The number of rotatable bonds is 13. The second-order valence-corrected chi connectivity index (χ2v) is 11.1. The number of carboxylic acids is 1. The second-order valence-electron chi connectivity index (χ2n) is 11.1. The van der Waals surface area contributed by atoms with Crippen LogP contribution in [0.3, 0.4) is 0 Å². The second kappa shape index (κ2) is 14.3. The van der Waals surface area contributed by atoms with E-state index >= 15 is 0 Å². The van der Waals surface area contributed by atoms with Gasteiger partial charge < -0.3 is 14.6 Å². The minimum absolute atomic E-state index is 0.160. The van der Waals surface area contributed by atoms with Crippen molar-refractivity contribution < 1.29 is 19.4 Å². The third kappa shape index (κ3) is 7.47. The Balaban J connectivity index is 1.28. The number of aliphatic carboxylic acids is 1. The largest absolute Gasteiger partial charge is 0.492 e. The van der Waals surface area contributed by atoms with Crippen molar-refractivity contribution in [1.82, 2.24) is 4.90 Å². The Morgan fingerprint density at radius 1 is 0.833 bits per heavy atom. The summed E-state index contributed by atoms with van der Waals surface area (Å²) in [6.07, 6.45) is 3.65. The zero-order valence-electron chi connectivity index (χ0n) is 24.7. The first-order valence-electron chi connectivity index (χ1n) is 15.0. The molecule has 5 nitrogen and oxygen atoms in total. The smallest absolute Gasteiger partial charge is 0.333 e. The van der Waals surface area contributed by atoms with Crippen molar-refractivity contribution in [3.8, 4) is 5.75 Å². The molecule has 0 saturated heterocycles. The molecule has 5 rings (SSSR count). The van der Waals surface area contributed by atoms with Crippen LogP contribution < -0.4 is 4.74 Å². The van der Waals surface area contributed by atoms with Gasteiger partial charge in [0.05, 0.1) is 6.04 Å². The molecular formula is C37H41NO4. The SMILES string of the molecule is CCOC(Cc1ccc(OCCN(C)C2c3ccccc3CCc3ccc(CCc4ccccc4)cc32)cc1)C(=O)O. The average Bonchev–Trinajstić information content (AvgIpc) is 3.17. The molecule has 0 amide bonds. The summed E-state index contributed by atoms with van der Waals surface area (Å²) < 4.78 is 11.5. The summed E-state index contributed by atoms with van der Waals surface area (Å²) in [6, 6.07) is 34.5. The number of benzene rings is 4. The lowest BCUT2D eigenvalue weighted by Crippen LogP contribution is -2.30. The normalized spacial score (nSPS) is 15.0. The summed E-state index contributed by atoms with van der Waals surface area (Å²) in [5.41, 5.74) is 9.28. The lowest BCUT2D eigenvalue weighted by molar-refractivity contribution is -0.149. The summed E-state index contributed by atoms with van der Waals surface area (Å²) in [7, 11) is 2.19. The molecular weight excluding hydrogens is 522 g/mol. The highest BCUT2D eigenvalue weighted by molar-refractivity contribution is 5.72. The number of aryl methyl sites for hydroxylation is 4. The van der Waals surface area contributed by atoms with E-state index < -0.39 is 12.1 Å². The van der Waals surface area contributed by atoms with Crippen LogP contribution in [0.2, 0.25) is 0 Å². The standard InChI is InChI=1S/C37H41NO4/c1-3-41-35(37(39)40)26-29-16-21-32(22-17-29)42-24-23-38(2)36-33-12-8-7-11-30(33)19-20-31-18-15-28(25-34(31)36)14-13-27-9-5-4-6-10-27/h4-12,15-18,21-22,25,35-36H,3,13-14,19-20,23-24,26H2,1-2H3,(H,39,40). The van der Waals surface area contributed by atoms with E-state index in [1.807, 2.05) is 24.3 Å². The number of carbonyl (C=O) groups is 1. The fourth-order valence-electron chi connectivity index (χ4n) is 5.95. The Morgan fingerprint density at radius 2 is 1.50 bits per heavy atom. The van der Waals surface area contributed by atoms with Gasteiger partial charge in [-0.2, -0.15) is 0 Å². The predicted octanol–water partition coefficient (Wildman–Crippen LogP) is 6.70. The Hall–Kier alpha value is -3.93. The number of carboxylic acid groups (broad SMARTS) is 1. The Bertz CT molecular complexity index is 1450. The molecule has 4 aromatic rings. The molecule has 42 heavy (non-hydrogen) atoms. The molecule has 1 aliphatic carbocycles. The minimum Gasteiger partial charge on any atom is -0.492 e. The number of ether oxygens (including phenoxy) is 2. The number of likely N-dealkylation sites (N-methyl/N-ethyl adjacent to an activating group) is 1. The molecule has 1 aliphatic rings. The van der Waals surface area contributed by atoms with E-state index in [2.05, 4.69) is 84.7 Å². The van der Waals surface area contributed by atoms with Crippen molar-refractivity contribution in [2.75, 3.05) is 26.8 Å². The molecule has 4 aromatic carbocycles. The molecule has 0 spiro atoms. The van der Waals surface area contributed by atoms with E-state index in [0.717, 1.165) is 43.5 Å². The maximum atomic E-state index is 11.4. The van der Waals surface area contributed by atoms with Gasteiger partial charge in [0.2, 0.25) is 0 Å². The lowest BCUT2D eigenvalue weighted by atomic mass is 9.91. The van der Waals surface area contributed by atoms with Crippen LogP contribution in [0.5, 0.6) is 5.75 Å².